The van der Waals surface area contributed by atoms with Gasteiger partial charge >= 0.3 is 0 Å². The Morgan fingerprint density at radius 2 is 0.750 bits per heavy atom. The Kier molecular flexibility index (Phi) is 11.5. The lowest BCUT2D eigenvalue weighted by Crippen LogP contribution is -2.10. The van der Waals surface area contributed by atoms with E-state index < -0.39 is 0 Å². The van der Waals surface area contributed by atoms with Crippen molar-refractivity contribution in [1.29, 1.82) is 0 Å². The van der Waals surface area contributed by atoms with Crippen LogP contribution in [0.1, 0.15) is 16.7 Å². The molecule has 0 atom stereocenters. The number of nitrogens with zero attached hydrogens (tertiary/aromatic N) is 5. The summed E-state index contributed by atoms with van der Waals surface area (Å²) >= 11 is 0. The minimum atomic E-state index is 0.711. The largest absolute Gasteiger partial charge is 0.310 e. The lowest BCUT2D eigenvalue weighted by Gasteiger charge is -2.26. The van der Waals surface area contributed by atoms with Gasteiger partial charge in [0.05, 0.1) is 22.4 Å². The molecule has 0 saturated heterocycles. The van der Waals surface area contributed by atoms with Gasteiger partial charge in [0, 0.05) is 67.3 Å². The molecule has 5 nitrogen and oxygen atoms in total. The first-order valence-electron chi connectivity index (χ1n) is 24.6. The number of para-hydroxylation sites is 2. The first-order valence-corrected chi connectivity index (χ1v) is 24.6. The van der Waals surface area contributed by atoms with Crippen LogP contribution in [0.5, 0.6) is 0 Å². The SMILES string of the molecule is Cc1ccc(N(c2ccccc2)c2ccc3c(c2)c2cc(N(c4ccccc4)c4ccc(C)cc4)ccc2n3-c2ccc(-c3ccc(-c4cc(-c5ccccc5)nc(-c5ccccc5)n4)c(C)c3)cc2)cc1. The predicted molar refractivity (Wildman–Crippen MR) is 302 cm³/mol. The molecular weight excluding hydrogens is 875 g/mol. The predicted octanol–water partition coefficient (Wildman–Crippen LogP) is 18.1. The summed E-state index contributed by atoms with van der Waals surface area (Å²) in [5.74, 6) is 0.711. The van der Waals surface area contributed by atoms with E-state index in [1.165, 1.54) is 21.9 Å². The number of aromatic nitrogens is 3. The number of anilines is 6. The van der Waals surface area contributed by atoms with Crippen LogP contribution in [0.4, 0.5) is 34.1 Å². The van der Waals surface area contributed by atoms with Gasteiger partial charge in [-0.15, -0.1) is 0 Å². The normalized spacial score (nSPS) is 11.3. The third-order valence-corrected chi connectivity index (χ3v) is 13.7. The van der Waals surface area contributed by atoms with Crippen molar-refractivity contribution in [3.63, 3.8) is 0 Å². The molecule has 0 spiro atoms. The molecule has 12 aromatic rings. The molecule has 0 aliphatic rings. The summed E-state index contributed by atoms with van der Waals surface area (Å²) in [6.45, 7) is 6.45. The number of fused-ring (bicyclic) bond motifs is 3. The number of benzene rings is 10. The molecule has 72 heavy (non-hydrogen) atoms. The van der Waals surface area contributed by atoms with Crippen molar-refractivity contribution in [2.24, 2.45) is 0 Å². The van der Waals surface area contributed by atoms with Gasteiger partial charge in [-0.2, -0.15) is 0 Å². The van der Waals surface area contributed by atoms with Crippen molar-refractivity contribution in [1.82, 2.24) is 14.5 Å². The van der Waals surface area contributed by atoms with E-state index in [9.17, 15) is 0 Å². The zero-order valence-corrected chi connectivity index (χ0v) is 40.5. The van der Waals surface area contributed by atoms with Crippen molar-refractivity contribution in [2.45, 2.75) is 20.8 Å². The van der Waals surface area contributed by atoms with E-state index in [-0.39, 0.29) is 0 Å². The first-order chi connectivity index (χ1) is 35.4. The van der Waals surface area contributed by atoms with Crippen LogP contribution >= 0.6 is 0 Å². The molecule has 0 N–H and O–H groups in total. The van der Waals surface area contributed by atoms with E-state index in [1.807, 2.05) is 24.3 Å². The van der Waals surface area contributed by atoms with Gasteiger partial charge in [-0.3, -0.25) is 0 Å². The fourth-order valence-electron chi connectivity index (χ4n) is 9.98. The van der Waals surface area contributed by atoms with E-state index in [0.717, 1.165) is 95.6 Å². The summed E-state index contributed by atoms with van der Waals surface area (Å²) in [6, 6.07) is 91.1. The van der Waals surface area contributed by atoms with Gasteiger partial charge in [0.2, 0.25) is 0 Å². The molecule has 2 aromatic heterocycles. The lowest BCUT2D eigenvalue weighted by molar-refractivity contribution is 1.18. The Hall–Kier alpha value is -9.32. The van der Waals surface area contributed by atoms with Crippen LogP contribution in [0.2, 0.25) is 0 Å². The van der Waals surface area contributed by atoms with Gasteiger partial charge in [0.25, 0.3) is 0 Å². The summed E-state index contributed by atoms with van der Waals surface area (Å²) in [6.07, 6.45) is 0. The molecule has 344 valence electrons. The first kappa shape index (κ1) is 43.9. The third kappa shape index (κ3) is 8.48. The molecule has 5 heteroatoms. The van der Waals surface area contributed by atoms with Crippen LogP contribution in [0.25, 0.3) is 72.5 Å². The van der Waals surface area contributed by atoms with Gasteiger partial charge in [-0.05, 0) is 141 Å². The maximum Gasteiger partial charge on any atom is 0.160 e. The van der Waals surface area contributed by atoms with E-state index in [1.54, 1.807) is 0 Å². The summed E-state index contributed by atoms with van der Waals surface area (Å²) < 4.78 is 2.41. The van der Waals surface area contributed by atoms with Crippen LogP contribution in [-0.4, -0.2) is 14.5 Å². The highest BCUT2D eigenvalue weighted by molar-refractivity contribution is 6.12. The molecule has 2 heterocycles. The van der Waals surface area contributed by atoms with Crippen LogP contribution in [-0.2, 0) is 0 Å². The zero-order chi connectivity index (χ0) is 48.5. The number of aryl methyl sites for hydroxylation is 3. The Labute approximate surface area is 421 Å². The van der Waals surface area contributed by atoms with Crippen LogP contribution in [0, 0.1) is 20.8 Å². The minimum Gasteiger partial charge on any atom is -0.310 e. The quantitative estimate of drug-likeness (QED) is 0.130. The molecule has 10 aromatic carbocycles. The standard InChI is InChI=1S/C67H51N5/c1-46-24-31-55(32-25-46)70(53-20-12-6-13-21-53)58-37-40-65-61(43-58)62-44-59(71(54-22-14-7-15-23-54)56-33-26-47(2)27-34-56)38-41-66(62)72(65)57-35-28-49(29-36-57)52-30-39-60(48(3)42-52)64-45-63(50-16-8-4-9-17-50)68-67(69-64)51-18-10-5-11-19-51/h4-45H,1-3H3. The van der Waals surface area contributed by atoms with E-state index in [0.29, 0.717) is 5.82 Å². The molecule has 0 saturated carbocycles. The maximum atomic E-state index is 5.13. The van der Waals surface area contributed by atoms with E-state index in [2.05, 4.69) is 266 Å². The Morgan fingerprint density at radius 1 is 0.319 bits per heavy atom. The summed E-state index contributed by atoms with van der Waals surface area (Å²) in [5, 5.41) is 2.33. The minimum absolute atomic E-state index is 0.711. The van der Waals surface area contributed by atoms with Crippen molar-refractivity contribution in [3.05, 3.63) is 271 Å². The highest BCUT2D eigenvalue weighted by Crippen LogP contribution is 2.43. The summed E-state index contributed by atoms with van der Waals surface area (Å²) in [5.41, 5.74) is 20.8. The molecule has 0 amide bonds. The number of hydrogen-bond acceptors (Lipinski definition) is 4. The van der Waals surface area contributed by atoms with Gasteiger partial charge in [0.15, 0.2) is 5.82 Å². The number of hydrogen-bond donors (Lipinski definition) is 0. The second kappa shape index (κ2) is 18.9. The Morgan fingerprint density at radius 3 is 1.25 bits per heavy atom. The van der Waals surface area contributed by atoms with Gasteiger partial charge < -0.3 is 14.4 Å². The molecular formula is C67H51N5. The monoisotopic (exact) mass is 925 g/mol. The molecule has 0 aliphatic carbocycles. The second-order valence-corrected chi connectivity index (χ2v) is 18.5. The zero-order valence-electron chi connectivity index (χ0n) is 40.5. The number of rotatable bonds is 11. The third-order valence-electron chi connectivity index (χ3n) is 13.7. The average Bonchev–Trinajstić information content (AvgIpc) is 3.76. The summed E-state index contributed by atoms with van der Waals surface area (Å²) in [7, 11) is 0. The molecule has 0 unspecified atom stereocenters. The highest BCUT2D eigenvalue weighted by Gasteiger charge is 2.21. The molecule has 0 bridgehead atoms. The smallest absolute Gasteiger partial charge is 0.160 e. The van der Waals surface area contributed by atoms with Crippen molar-refractivity contribution >= 4 is 55.9 Å². The fourth-order valence-corrected chi connectivity index (χ4v) is 9.98. The van der Waals surface area contributed by atoms with Crippen LogP contribution < -0.4 is 9.80 Å². The van der Waals surface area contributed by atoms with Gasteiger partial charge in [0.1, 0.15) is 0 Å². The maximum absolute atomic E-state index is 5.13. The molecule has 0 aliphatic heterocycles. The van der Waals surface area contributed by atoms with Crippen molar-refractivity contribution in [2.75, 3.05) is 9.80 Å². The van der Waals surface area contributed by atoms with Crippen molar-refractivity contribution < 1.29 is 0 Å². The Bertz CT molecular complexity index is 3650. The van der Waals surface area contributed by atoms with Crippen LogP contribution in [0.3, 0.4) is 0 Å². The summed E-state index contributed by atoms with van der Waals surface area (Å²) in [4.78, 5) is 14.9. The average molecular weight is 926 g/mol. The second-order valence-electron chi connectivity index (χ2n) is 18.5. The molecule has 12 rings (SSSR count). The molecule has 0 fully saturated rings. The topological polar surface area (TPSA) is 37.2 Å². The van der Waals surface area contributed by atoms with E-state index >= 15 is 0 Å². The lowest BCUT2D eigenvalue weighted by atomic mass is 9.97. The van der Waals surface area contributed by atoms with Crippen LogP contribution in [0.15, 0.2) is 255 Å². The Balaban J connectivity index is 0.968. The van der Waals surface area contributed by atoms with Gasteiger partial charge in [-0.25, -0.2) is 9.97 Å². The van der Waals surface area contributed by atoms with Gasteiger partial charge in [-0.1, -0.05) is 163 Å². The van der Waals surface area contributed by atoms with E-state index in [4.69, 9.17) is 9.97 Å². The highest BCUT2D eigenvalue weighted by atomic mass is 15.1. The molecule has 0 radical (unpaired) electrons. The van der Waals surface area contributed by atoms with Crippen molar-refractivity contribution in [3.8, 4) is 50.7 Å². The fraction of sp³-hybridized carbons (Fsp3) is 0.0448.